The van der Waals surface area contributed by atoms with Crippen LogP contribution in [0.4, 0.5) is 0 Å². The van der Waals surface area contributed by atoms with Gasteiger partial charge in [0.2, 0.25) is 0 Å². The predicted molar refractivity (Wildman–Crippen MR) is 158 cm³/mol. The van der Waals surface area contributed by atoms with Crippen molar-refractivity contribution in [1.29, 1.82) is 0 Å². The van der Waals surface area contributed by atoms with Crippen LogP contribution in [0.25, 0.3) is 0 Å². The summed E-state index contributed by atoms with van der Waals surface area (Å²) < 4.78 is 33.2. The number of hydrogen-bond acceptors (Lipinski definition) is 8. The molecule has 222 valence electrons. The number of allylic oxidation sites excluding steroid dienone is 3. The zero-order valence-corrected chi connectivity index (χ0v) is 24.6. The Balaban J connectivity index is 1.99. The third-order valence-corrected chi connectivity index (χ3v) is 6.32. The molecule has 0 bridgehead atoms. The van der Waals surface area contributed by atoms with Crippen molar-refractivity contribution in [3.8, 4) is 5.75 Å². The standard InChI is InChI=1S/C33H42O8/c1-9-19-36-21-29(39-30(34)23(3)4)22-38-27-15-11-25(12-16-27)33(7,8)26-13-17-28(18-14-26)40-32(37-20-10-2)41-31(35)24(5)6/h9-11,13-18,25,29,32H,1-3,5,12,19-22H2,4,6-8H3. The number of rotatable bonds is 18. The molecule has 0 aliphatic heterocycles. The summed E-state index contributed by atoms with van der Waals surface area (Å²) in [7, 11) is 0. The van der Waals surface area contributed by atoms with Gasteiger partial charge in [0, 0.05) is 11.1 Å². The van der Waals surface area contributed by atoms with E-state index < -0.39 is 24.5 Å². The summed E-state index contributed by atoms with van der Waals surface area (Å²) >= 11 is 0. The van der Waals surface area contributed by atoms with E-state index in [-0.39, 0.29) is 36.7 Å². The average molecular weight is 567 g/mol. The SMILES string of the molecule is C=CCOCC(COC1=CCC(C(C)(C)c2ccc(OC(OCC=C)OC(=O)C(=C)C)cc2)C=C1)OC(=O)C(=C)C. The number of hydrogen-bond donors (Lipinski definition) is 0. The number of carbonyl (C=O) groups excluding carboxylic acids is 2. The van der Waals surface area contributed by atoms with Gasteiger partial charge in [0.15, 0.2) is 6.10 Å². The minimum Gasteiger partial charge on any atom is -0.490 e. The third kappa shape index (κ3) is 10.9. The average Bonchev–Trinajstić information content (AvgIpc) is 2.94. The van der Waals surface area contributed by atoms with Crippen molar-refractivity contribution in [2.75, 3.05) is 26.4 Å². The largest absolute Gasteiger partial charge is 0.490 e. The molecule has 2 rings (SSSR count). The molecule has 0 spiro atoms. The molecule has 0 N–H and O–H groups in total. The third-order valence-electron chi connectivity index (χ3n) is 6.32. The van der Waals surface area contributed by atoms with Gasteiger partial charge in [0.1, 0.15) is 18.1 Å². The van der Waals surface area contributed by atoms with Crippen LogP contribution in [0.3, 0.4) is 0 Å². The van der Waals surface area contributed by atoms with E-state index in [1.54, 1.807) is 19.9 Å². The molecule has 1 aliphatic carbocycles. The maximum atomic E-state index is 12.0. The van der Waals surface area contributed by atoms with Crippen LogP contribution < -0.4 is 4.74 Å². The second-order valence-electron chi connectivity index (χ2n) is 10.2. The van der Waals surface area contributed by atoms with Crippen LogP contribution in [0.15, 0.2) is 97.9 Å². The molecule has 41 heavy (non-hydrogen) atoms. The first-order valence-corrected chi connectivity index (χ1v) is 13.4. The Labute approximate surface area is 243 Å². The molecule has 0 amide bonds. The van der Waals surface area contributed by atoms with E-state index in [4.69, 9.17) is 28.4 Å². The van der Waals surface area contributed by atoms with Crippen molar-refractivity contribution in [2.24, 2.45) is 5.92 Å². The summed E-state index contributed by atoms with van der Waals surface area (Å²) in [5, 5.41) is 0. The molecule has 0 saturated heterocycles. The van der Waals surface area contributed by atoms with Crippen LogP contribution in [0.5, 0.6) is 5.75 Å². The molecule has 1 aromatic rings. The van der Waals surface area contributed by atoms with Crippen molar-refractivity contribution in [3.63, 3.8) is 0 Å². The Morgan fingerprint density at radius 2 is 1.61 bits per heavy atom. The topological polar surface area (TPSA) is 89.5 Å². The molecule has 0 radical (unpaired) electrons. The lowest BCUT2D eigenvalue weighted by molar-refractivity contribution is -0.233. The van der Waals surface area contributed by atoms with Crippen LogP contribution >= 0.6 is 0 Å². The fraction of sp³-hybridized carbons (Fsp3) is 0.394. The van der Waals surface area contributed by atoms with Gasteiger partial charge in [-0.15, -0.1) is 13.2 Å². The monoisotopic (exact) mass is 566 g/mol. The van der Waals surface area contributed by atoms with Crippen molar-refractivity contribution < 1.29 is 38.0 Å². The normalized spacial score (nSPS) is 16.0. The Hall–Kier alpha value is -3.88. The van der Waals surface area contributed by atoms with Gasteiger partial charge in [-0.25, -0.2) is 9.59 Å². The van der Waals surface area contributed by atoms with E-state index in [0.29, 0.717) is 23.7 Å². The molecule has 1 aromatic carbocycles. The molecule has 8 heteroatoms. The second kappa shape index (κ2) is 16.4. The Bertz CT molecular complexity index is 1140. The zero-order valence-electron chi connectivity index (χ0n) is 24.6. The van der Waals surface area contributed by atoms with Crippen LogP contribution in [-0.4, -0.2) is 50.9 Å². The van der Waals surface area contributed by atoms with Gasteiger partial charge >= 0.3 is 18.4 Å². The highest BCUT2D eigenvalue weighted by Crippen LogP contribution is 2.38. The maximum absolute atomic E-state index is 12.0. The summed E-state index contributed by atoms with van der Waals surface area (Å²) in [6, 6.07) is 7.59. The zero-order chi connectivity index (χ0) is 30.4. The van der Waals surface area contributed by atoms with Crippen LogP contribution in [0.1, 0.15) is 39.7 Å². The number of esters is 2. The molecule has 0 fully saturated rings. The van der Waals surface area contributed by atoms with Gasteiger partial charge < -0.3 is 28.4 Å². The van der Waals surface area contributed by atoms with Crippen molar-refractivity contribution >= 4 is 11.9 Å². The summed E-state index contributed by atoms with van der Waals surface area (Å²) in [5.41, 5.74) is 1.45. The fourth-order valence-corrected chi connectivity index (χ4v) is 3.80. The highest BCUT2D eigenvalue weighted by atomic mass is 16.9. The molecule has 3 atom stereocenters. The summed E-state index contributed by atoms with van der Waals surface area (Å²) in [6.45, 7) is 21.5. The van der Waals surface area contributed by atoms with Gasteiger partial charge in [-0.3, -0.25) is 0 Å². The molecule has 0 saturated carbocycles. The lowest BCUT2D eigenvalue weighted by atomic mass is 9.71. The second-order valence-corrected chi connectivity index (χ2v) is 10.2. The van der Waals surface area contributed by atoms with E-state index in [1.807, 2.05) is 36.4 Å². The van der Waals surface area contributed by atoms with Crippen molar-refractivity contribution in [1.82, 2.24) is 0 Å². The van der Waals surface area contributed by atoms with Gasteiger partial charge in [-0.1, -0.05) is 57.4 Å². The minimum absolute atomic E-state index is 0.149. The van der Waals surface area contributed by atoms with Crippen molar-refractivity contribution in [3.05, 3.63) is 103 Å². The van der Waals surface area contributed by atoms with E-state index >= 15 is 0 Å². The number of carbonyl (C=O) groups is 2. The summed E-state index contributed by atoms with van der Waals surface area (Å²) in [6.07, 6.45) is 9.44. The molecule has 0 heterocycles. The molecule has 1 aliphatic rings. The minimum atomic E-state index is -1.22. The first kappa shape index (κ1) is 33.3. The van der Waals surface area contributed by atoms with Crippen LogP contribution in [-0.2, 0) is 38.7 Å². The molecular weight excluding hydrogens is 524 g/mol. The van der Waals surface area contributed by atoms with Gasteiger partial charge in [0.25, 0.3) is 0 Å². The summed E-state index contributed by atoms with van der Waals surface area (Å²) in [5.74, 6) is 0.300. The van der Waals surface area contributed by atoms with E-state index in [1.165, 1.54) is 6.08 Å². The quantitative estimate of drug-likeness (QED) is 0.0691. The number of benzene rings is 1. The number of ether oxygens (including phenoxy) is 6. The van der Waals surface area contributed by atoms with Gasteiger partial charge in [-0.2, -0.15) is 0 Å². The highest BCUT2D eigenvalue weighted by Gasteiger charge is 2.31. The Morgan fingerprint density at radius 3 is 2.17 bits per heavy atom. The van der Waals surface area contributed by atoms with Gasteiger partial charge in [-0.05, 0) is 61.4 Å². The molecule has 3 unspecified atom stereocenters. The molecular formula is C33H42O8. The first-order chi connectivity index (χ1) is 19.5. The Kier molecular flexibility index (Phi) is 13.3. The molecule has 0 aromatic heterocycles. The predicted octanol–water partition coefficient (Wildman–Crippen LogP) is 6.12. The highest BCUT2D eigenvalue weighted by molar-refractivity contribution is 5.87. The summed E-state index contributed by atoms with van der Waals surface area (Å²) in [4.78, 5) is 23.9. The lowest BCUT2D eigenvalue weighted by Gasteiger charge is -2.34. The van der Waals surface area contributed by atoms with E-state index in [9.17, 15) is 9.59 Å². The molecule has 8 nitrogen and oxygen atoms in total. The van der Waals surface area contributed by atoms with E-state index in [0.717, 1.165) is 12.0 Å². The van der Waals surface area contributed by atoms with Crippen LogP contribution in [0.2, 0.25) is 0 Å². The van der Waals surface area contributed by atoms with Crippen LogP contribution in [0, 0.1) is 5.92 Å². The smallest absolute Gasteiger partial charge is 0.363 e. The Morgan fingerprint density at radius 1 is 0.976 bits per heavy atom. The van der Waals surface area contributed by atoms with E-state index in [2.05, 4.69) is 46.2 Å². The van der Waals surface area contributed by atoms with Crippen molar-refractivity contribution in [2.45, 2.75) is 52.1 Å². The first-order valence-electron chi connectivity index (χ1n) is 13.4. The van der Waals surface area contributed by atoms with Gasteiger partial charge in [0.05, 0.1) is 19.8 Å². The fourth-order valence-electron chi connectivity index (χ4n) is 3.80. The maximum Gasteiger partial charge on any atom is 0.363 e. The lowest BCUT2D eigenvalue weighted by Crippen LogP contribution is -2.30.